The number of benzene rings is 6. The minimum absolute atomic E-state index is 0.248. The van der Waals surface area contributed by atoms with Gasteiger partial charge in [-0.15, -0.1) is 0 Å². The van der Waals surface area contributed by atoms with E-state index in [1.54, 1.807) is 0 Å². The molecule has 0 saturated carbocycles. The molecule has 8 aromatic rings. The molecular formula is C47H32N4. The maximum absolute atomic E-state index is 9.65. The molecule has 2 aromatic heterocycles. The summed E-state index contributed by atoms with van der Waals surface area (Å²) >= 11 is 0. The summed E-state index contributed by atoms with van der Waals surface area (Å²) in [6.45, 7) is 4.51. The van der Waals surface area contributed by atoms with Crippen molar-refractivity contribution in [2.75, 3.05) is 0 Å². The van der Waals surface area contributed by atoms with Crippen molar-refractivity contribution in [2.24, 2.45) is 0 Å². The van der Waals surface area contributed by atoms with Crippen LogP contribution in [0, 0.1) is 11.3 Å². The SMILES string of the molecule is CC1(C)c2cc(C#N)ccc2-c2ccc(-c3cc(-c4ccc5cnccc5c4)cc(-c4cc(-c5ccccc5)nc(-c5ccccc5)n4)c3)cc21. The highest BCUT2D eigenvalue weighted by Crippen LogP contribution is 2.50. The van der Waals surface area contributed by atoms with E-state index >= 15 is 0 Å². The van der Waals surface area contributed by atoms with Crippen molar-refractivity contribution in [3.63, 3.8) is 0 Å². The Kier molecular flexibility index (Phi) is 7.15. The van der Waals surface area contributed by atoms with Gasteiger partial charge in [0.15, 0.2) is 5.82 Å². The van der Waals surface area contributed by atoms with Crippen LogP contribution >= 0.6 is 0 Å². The number of nitrogens with zero attached hydrogens (tertiary/aromatic N) is 4. The fraction of sp³-hybridized carbons (Fsp3) is 0.0638. The third-order valence-electron chi connectivity index (χ3n) is 10.2. The van der Waals surface area contributed by atoms with Gasteiger partial charge in [0.1, 0.15) is 0 Å². The average Bonchev–Trinajstić information content (AvgIpc) is 3.42. The molecule has 0 saturated heterocycles. The molecule has 0 N–H and O–H groups in total. The maximum Gasteiger partial charge on any atom is 0.160 e. The Labute approximate surface area is 297 Å². The van der Waals surface area contributed by atoms with E-state index in [4.69, 9.17) is 9.97 Å². The van der Waals surface area contributed by atoms with E-state index in [0.717, 1.165) is 61.1 Å². The van der Waals surface area contributed by atoms with Gasteiger partial charge in [-0.1, -0.05) is 105 Å². The molecule has 51 heavy (non-hydrogen) atoms. The second-order valence-electron chi connectivity index (χ2n) is 13.7. The van der Waals surface area contributed by atoms with E-state index in [-0.39, 0.29) is 5.41 Å². The monoisotopic (exact) mass is 652 g/mol. The number of hydrogen-bond acceptors (Lipinski definition) is 4. The van der Waals surface area contributed by atoms with Crippen molar-refractivity contribution < 1.29 is 0 Å². The van der Waals surface area contributed by atoms with Crippen LogP contribution in [0.15, 0.2) is 158 Å². The zero-order valence-electron chi connectivity index (χ0n) is 28.3. The lowest BCUT2D eigenvalue weighted by Gasteiger charge is -2.22. The first-order valence-electron chi connectivity index (χ1n) is 17.1. The van der Waals surface area contributed by atoms with Crippen LogP contribution in [-0.4, -0.2) is 15.0 Å². The van der Waals surface area contributed by atoms with Gasteiger partial charge < -0.3 is 0 Å². The first kappa shape index (κ1) is 30.4. The number of nitriles is 1. The molecular weight excluding hydrogens is 621 g/mol. The van der Waals surface area contributed by atoms with Crippen LogP contribution in [0.25, 0.3) is 78.1 Å². The number of pyridine rings is 1. The van der Waals surface area contributed by atoms with E-state index in [1.165, 1.54) is 22.3 Å². The third-order valence-corrected chi connectivity index (χ3v) is 10.2. The van der Waals surface area contributed by atoms with Gasteiger partial charge >= 0.3 is 0 Å². The zero-order valence-corrected chi connectivity index (χ0v) is 28.3. The van der Waals surface area contributed by atoms with Crippen LogP contribution in [0.2, 0.25) is 0 Å². The standard InChI is InChI=1S/C47H32N4/c1-47(2)42-21-30(28-48)13-17-40(42)41-18-16-34(26-43(41)47)38-23-37(33-14-15-36-29-49-20-19-35(36)22-33)24-39(25-38)45-27-44(31-9-5-3-6-10-31)50-46(51-45)32-11-7-4-8-12-32/h3-27,29H,1-2H3. The summed E-state index contributed by atoms with van der Waals surface area (Å²) in [5, 5.41) is 11.9. The quantitative estimate of drug-likeness (QED) is 0.186. The van der Waals surface area contributed by atoms with Crippen LogP contribution in [0.4, 0.5) is 0 Å². The molecule has 4 heteroatoms. The van der Waals surface area contributed by atoms with Crippen molar-refractivity contribution >= 4 is 10.8 Å². The van der Waals surface area contributed by atoms with Gasteiger partial charge in [0.25, 0.3) is 0 Å². The minimum atomic E-state index is -0.248. The minimum Gasteiger partial charge on any atom is -0.264 e. The van der Waals surface area contributed by atoms with E-state index in [2.05, 4.69) is 122 Å². The molecule has 0 radical (unpaired) electrons. The molecule has 1 aliphatic carbocycles. The lowest BCUT2D eigenvalue weighted by Crippen LogP contribution is -2.15. The van der Waals surface area contributed by atoms with Crippen molar-refractivity contribution in [2.45, 2.75) is 19.3 Å². The first-order chi connectivity index (χ1) is 24.9. The highest BCUT2D eigenvalue weighted by Gasteiger charge is 2.35. The van der Waals surface area contributed by atoms with Gasteiger partial charge in [-0.25, -0.2) is 9.97 Å². The predicted octanol–water partition coefficient (Wildman–Crippen LogP) is 11.5. The molecule has 0 amide bonds. The second kappa shape index (κ2) is 12.0. The highest BCUT2D eigenvalue weighted by atomic mass is 14.9. The molecule has 0 fully saturated rings. The van der Waals surface area contributed by atoms with Gasteiger partial charge in [-0.2, -0.15) is 5.26 Å². The van der Waals surface area contributed by atoms with Gasteiger partial charge in [0.05, 0.1) is 23.0 Å². The molecule has 1 aliphatic rings. The van der Waals surface area contributed by atoms with Crippen LogP contribution in [0.3, 0.4) is 0 Å². The topological polar surface area (TPSA) is 62.5 Å². The summed E-state index contributed by atoms with van der Waals surface area (Å²) in [6.07, 6.45) is 3.75. The molecule has 0 unspecified atom stereocenters. The van der Waals surface area contributed by atoms with Crippen molar-refractivity contribution in [1.29, 1.82) is 5.26 Å². The number of fused-ring (bicyclic) bond motifs is 4. The number of hydrogen-bond donors (Lipinski definition) is 0. The lowest BCUT2D eigenvalue weighted by atomic mass is 9.81. The Morgan fingerprint density at radius 1 is 0.490 bits per heavy atom. The Morgan fingerprint density at radius 2 is 1.10 bits per heavy atom. The lowest BCUT2D eigenvalue weighted by molar-refractivity contribution is 0.660. The molecule has 0 atom stereocenters. The fourth-order valence-electron chi connectivity index (χ4n) is 7.43. The number of aromatic nitrogens is 3. The van der Waals surface area contributed by atoms with Gasteiger partial charge in [-0.05, 0) is 104 Å². The summed E-state index contributed by atoms with van der Waals surface area (Å²) in [5.74, 6) is 0.686. The molecule has 6 aromatic carbocycles. The zero-order chi connectivity index (χ0) is 34.5. The molecule has 4 nitrogen and oxygen atoms in total. The van der Waals surface area contributed by atoms with E-state index in [0.29, 0.717) is 11.4 Å². The Hall–Kier alpha value is -6.70. The number of rotatable bonds is 5. The average molecular weight is 653 g/mol. The van der Waals surface area contributed by atoms with Gasteiger partial charge in [0.2, 0.25) is 0 Å². The van der Waals surface area contributed by atoms with Crippen LogP contribution in [-0.2, 0) is 5.41 Å². The van der Waals surface area contributed by atoms with E-state index in [1.807, 2.05) is 60.9 Å². The predicted molar refractivity (Wildman–Crippen MR) is 207 cm³/mol. The van der Waals surface area contributed by atoms with Crippen molar-refractivity contribution in [3.05, 3.63) is 175 Å². The Morgan fingerprint density at radius 3 is 1.82 bits per heavy atom. The first-order valence-corrected chi connectivity index (χ1v) is 17.1. The molecule has 0 spiro atoms. The Balaban J connectivity index is 1.25. The highest BCUT2D eigenvalue weighted by molar-refractivity contribution is 5.90. The molecule has 0 aliphatic heterocycles. The summed E-state index contributed by atoms with van der Waals surface area (Å²) in [5.41, 5.74) is 14.5. The molecule has 2 heterocycles. The van der Waals surface area contributed by atoms with Crippen LogP contribution in [0.1, 0.15) is 30.5 Å². The molecule has 240 valence electrons. The van der Waals surface area contributed by atoms with Crippen molar-refractivity contribution in [3.8, 4) is 73.4 Å². The summed E-state index contributed by atoms with van der Waals surface area (Å²) in [7, 11) is 0. The molecule has 9 rings (SSSR count). The maximum atomic E-state index is 9.65. The Bertz CT molecular complexity index is 2610. The molecule has 0 bridgehead atoms. The van der Waals surface area contributed by atoms with E-state index in [9.17, 15) is 5.26 Å². The summed E-state index contributed by atoms with van der Waals surface area (Å²) in [4.78, 5) is 14.6. The van der Waals surface area contributed by atoms with Crippen LogP contribution in [0.5, 0.6) is 0 Å². The van der Waals surface area contributed by atoms with E-state index < -0.39 is 0 Å². The fourth-order valence-corrected chi connectivity index (χ4v) is 7.43. The summed E-state index contributed by atoms with van der Waals surface area (Å²) in [6, 6.07) is 53.2. The van der Waals surface area contributed by atoms with Crippen molar-refractivity contribution in [1.82, 2.24) is 15.0 Å². The van der Waals surface area contributed by atoms with Gasteiger partial charge in [-0.3, -0.25) is 4.98 Å². The normalized spacial score (nSPS) is 12.6. The largest absolute Gasteiger partial charge is 0.264 e. The third kappa shape index (κ3) is 5.37. The second-order valence-corrected chi connectivity index (χ2v) is 13.7. The summed E-state index contributed by atoms with van der Waals surface area (Å²) < 4.78 is 0. The smallest absolute Gasteiger partial charge is 0.160 e. The van der Waals surface area contributed by atoms with Crippen LogP contribution < -0.4 is 0 Å². The van der Waals surface area contributed by atoms with Gasteiger partial charge in [0, 0.05) is 39.9 Å².